The molecule has 5 rings (SSSR count). The van der Waals surface area contributed by atoms with Crippen LogP contribution < -0.4 is 20.5 Å². The molecule has 0 aliphatic carbocycles. The van der Waals surface area contributed by atoms with Gasteiger partial charge in [-0.15, -0.1) is 0 Å². The van der Waals surface area contributed by atoms with Crippen LogP contribution in [0.1, 0.15) is 34.2 Å². The highest BCUT2D eigenvalue weighted by molar-refractivity contribution is 6.31. The second-order valence-corrected chi connectivity index (χ2v) is 11.2. The van der Waals surface area contributed by atoms with E-state index in [1.54, 1.807) is 6.92 Å². The van der Waals surface area contributed by atoms with Crippen LogP contribution in [-0.2, 0) is 15.8 Å². The first-order chi connectivity index (χ1) is 21.4. The Hall–Kier alpha value is -4.63. The number of pyridine rings is 2. The minimum Gasteiger partial charge on any atom is -0.494 e. The summed E-state index contributed by atoms with van der Waals surface area (Å²) >= 11 is 6.15. The van der Waals surface area contributed by atoms with Crippen LogP contribution in [0.3, 0.4) is 0 Å². The van der Waals surface area contributed by atoms with Crippen LogP contribution in [0, 0.1) is 24.4 Å². The fraction of sp³-hybridized carbons (Fsp3) is 0.267. The number of aryl methyl sites for hydroxylation is 1. The van der Waals surface area contributed by atoms with Gasteiger partial charge in [-0.2, -0.15) is 13.2 Å². The summed E-state index contributed by atoms with van der Waals surface area (Å²) in [5.41, 5.74) is -2.84. The number of rotatable bonds is 7. The Balaban J connectivity index is 1.63. The summed E-state index contributed by atoms with van der Waals surface area (Å²) in [5.74, 6) is -7.06. The highest BCUT2D eigenvalue weighted by atomic mass is 35.5. The Labute approximate surface area is 261 Å². The Morgan fingerprint density at radius 3 is 2.39 bits per heavy atom. The molecule has 242 valence electrons. The number of alkyl halides is 3. The first-order valence-electron chi connectivity index (χ1n) is 13.3. The van der Waals surface area contributed by atoms with Gasteiger partial charge in [0.25, 0.3) is 5.91 Å². The van der Waals surface area contributed by atoms with Gasteiger partial charge in [0.15, 0.2) is 11.6 Å². The van der Waals surface area contributed by atoms with Crippen molar-refractivity contribution in [3.8, 4) is 22.8 Å². The maximum atomic E-state index is 14.9. The average molecular weight is 669 g/mol. The van der Waals surface area contributed by atoms with Gasteiger partial charge in [0.2, 0.25) is 11.5 Å². The molecule has 0 spiro atoms. The number of aliphatic hydroxyl groups is 1. The van der Waals surface area contributed by atoms with Crippen molar-refractivity contribution < 1.29 is 50.5 Å². The SMILES string of the molecule is COc1cc(C(=O)NC[C@](O)(c2cc3c(c(-c4cc(F)c(F)cc4F)n2)OC[C@]3(C)C(N)=O)C(F)(F)F)cc2cc(Cl)c(C)nc12. The van der Waals surface area contributed by atoms with Crippen LogP contribution in [0.15, 0.2) is 36.4 Å². The van der Waals surface area contributed by atoms with E-state index in [0.717, 1.165) is 0 Å². The van der Waals surface area contributed by atoms with Crippen LogP contribution >= 0.6 is 11.6 Å². The van der Waals surface area contributed by atoms with Crippen LogP contribution in [0.4, 0.5) is 26.3 Å². The number of fused-ring (bicyclic) bond motifs is 2. The molecule has 1 aliphatic rings. The Bertz CT molecular complexity index is 1940. The number of hydrogen-bond donors (Lipinski definition) is 3. The van der Waals surface area contributed by atoms with Crippen molar-refractivity contribution in [2.75, 3.05) is 20.3 Å². The van der Waals surface area contributed by atoms with Gasteiger partial charge in [-0.25, -0.2) is 23.1 Å². The summed E-state index contributed by atoms with van der Waals surface area (Å²) < 4.78 is 97.6. The lowest BCUT2D eigenvalue weighted by Gasteiger charge is -2.31. The number of benzene rings is 2. The van der Waals surface area contributed by atoms with Crippen LogP contribution in [0.2, 0.25) is 5.02 Å². The van der Waals surface area contributed by atoms with Gasteiger partial charge in [0.05, 0.1) is 30.1 Å². The van der Waals surface area contributed by atoms with E-state index in [9.17, 15) is 41.0 Å². The molecule has 1 aliphatic heterocycles. The number of methoxy groups -OCH3 is 1. The molecule has 4 N–H and O–H groups in total. The second kappa shape index (κ2) is 11.3. The van der Waals surface area contributed by atoms with E-state index in [2.05, 4.69) is 9.97 Å². The number of hydrogen-bond acceptors (Lipinski definition) is 7. The summed E-state index contributed by atoms with van der Waals surface area (Å²) in [5, 5.41) is 13.8. The number of aromatic nitrogens is 2. The lowest BCUT2D eigenvalue weighted by atomic mass is 9.81. The number of ether oxygens (including phenoxy) is 2. The molecule has 0 unspecified atom stereocenters. The quantitative estimate of drug-likeness (QED) is 0.186. The van der Waals surface area contributed by atoms with E-state index in [-0.39, 0.29) is 28.0 Å². The summed E-state index contributed by atoms with van der Waals surface area (Å²) in [6, 6.07) is 5.17. The highest BCUT2D eigenvalue weighted by Gasteiger charge is 2.58. The van der Waals surface area contributed by atoms with Gasteiger partial charge in [-0.1, -0.05) is 11.6 Å². The fourth-order valence-electron chi connectivity index (χ4n) is 4.94. The molecular formula is C30H23ClF6N4O5. The number of carbonyl (C=O) groups excluding carboxylic acids is 2. The lowest BCUT2D eigenvalue weighted by Crippen LogP contribution is -2.51. The fourth-order valence-corrected chi connectivity index (χ4v) is 5.10. The molecule has 3 heterocycles. The van der Waals surface area contributed by atoms with E-state index >= 15 is 0 Å². The Kier molecular flexibility index (Phi) is 8.06. The zero-order chi connectivity index (χ0) is 33.9. The van der Waals surface area contributed by atoms with E-state index in [4.69, 9.17) is 26.8 Å². The number of carbonyl (C=O) groups is 2. The predicted molar refractivity (Wildman–Crippen MR) is 152 cm³/mol. The third-order valence-corrected chi connectivity index (χ3v) is 8.16. The van der Waals surface area contributed by atoms with Crippen molar-refractivity contribution in [2.24, 2.45) is 5.73 Å². The summed E-state index contributed by atoms with van der Waals surface area (Å²) in [7, 11) is 1.29. The van der Waals surface area contributed by atoms with Crippen LogP contribution in [0.25, 0.3) is 22.2 Å². The zero-order valence-electron chi connectivity index (χ0n) is 24.1. The van der Waals surface area contributed by atoms with Gasteiger partial charge >= 0.3 is 6.18 Å². The second-order valence-electron chi connectivity index (χ2n) is 10.8. The first kappa shape index (κ1) is 32.8. The molecule has 46 heavy (non-hydrogen) atoms. The van der Waals surface area contributed by atoms with Crippen LogP contribution in [-0.4, -0.2) is 53.3 Å². The molecule has 0 saturated carbocycles. The molecule has 0 saturated heterocycles. The summed E-state index contributed by atoms with van der Waals surface area (Å²) in [4.78, 5) is 33.6. The van der Waals surface area contributed by atoms with Gasteiger partial charge in [0.1, 0.15) is 40.5 Å². The monoisotopic (exact) mass is 668 g/mol. The Morgan fingerprint density at radius 2 is 1.76 bits per heavy atom. The van der Waals surface area contributed by atoms with Crippen molar-refractivity contribution in [1.82, 2.24) is 15.3 Å². The third kappa shape index (κ3) is 5.32. The molecule has 2 aromatic heterocycles. The molecule has 2 aromatic carbocycles. The van der Waals surface area contributed by atoms with E-state index in [0.29, 0.717) is 28.7 Å². The van der Waals surface area contributed by atoms with Crippen molar-refractivity contribution in [3.63, 3.8) is 0 Å². The van der Waals surface area contributed by atoms with Crippen molar-refractivity contribution in [2.45, 2.75) is 31.0 Å². The first-order valence-corrected chi connectivity index (χ1v) is 13.6. The van der Waals surface area contributed by atoms with E-state index in [1.165, 1.54) is 32.2 Å². The number of primary amides is 1. The number of halogens is 7. The predicted octanol–water partition coefficient (Wildman–Crippen LogP) is 5.00. The van der Waals surface area contributed by atoms with Crippen molar-refractivity contribution in [3.05, 3.63) is 81.4 Å². The topological polar surface area (TPSA) is 137 Å². The minimum atomic E-state index is -5.55. The molecule has 4 aromatic rings. The maximum absolute atomic E-state index is 14.9. The summed E-state index contributed by atoms with van der Waals surface area (Å²) in [6.45, 7) is 0.796. The summed E-state index contributed by atoms with van der Waals surface area (Å²) in [6.07, 6.45) is -5.55. The zero-order valence-corrected chi connectivity index (χ0v) is 24.8. The average Bonchev–Trinajstić information content (AvgIpc) is 3.34. The molecule has 2 amide bonds. The largest absolute Gasteiger partial charge is 0.494 e. The van der Waals surface area contributed by atoms with E-state index < -0.39 is 82.3 Å². The highest BCUT2D eigenvalue weighted by Crippen LogP contribution is 2.48. The normalized spacial score (nSPS) is 17.3. The standard InChI is InChI=1S/C30H23ClF6N4O5/c1-12-17(31)5-13-4-14(6-21(45-3)23(13)40-12)26(42)39-10-29(44,30(35,36)37)22-8-16-25(46-11-28(16,2)27(38)43)24(41-22)15-7-19(33)20(34)9-18(15)32/h4-9,44H,10-11H2,1-3H3,(H2,38,43)(H,39,42)/t28-,29-/m0/s1. The molecule has 0 bridgehead atoms. The lowest BCUT2D eigenvalue weighted by molar-refractivity contribution is -0.265. The number of amides is 2. The number of nitrogens with zero attached hydrogens (tertiary/aromatic N) is 2. The molecule has 2 atom stereocenters. The molecule has 16 heteroatoms. The maximum Gasteiger partial charge on any atom is 0.424 e. The van der Waals surface area contributed by atoms with Gasteiger partial charge in [-0.3, -0.25) is 9.59 Å². The van der Waals surface area contributed by atoms with Crippen molar-refractivity contribution in [1.29, 1.82) is 0 Å². The Morgan fingerprint density at radius 1 is 1.09 bits per heavy atom. The number of nitrogens with two attached hydrogens (primary N) is 1. The van der Waals surface area contributed by atoms with Crippen LogP contribution in [0.5, 0.6) is 11.5 Å². The van der Waals surface area contributed by atoms with Crippen molar-refractivity contribution >= 4 is 34.3 Å². The third-order valence-electron chi connectivity index (χ3n) is 7.77. The molecule has 0 radical (unpaired) electrons. The smallest absolute Gasteiger partial charge is 0.424 e. The molecule has 9 nitrogen and oxygen atoms in total. The van der Waals surface area contributed by atoms with Gasteiger partial charge in [-0.05, 0) is 44.2 Å². The van der Waals surface area contributed by atoms with Gasteiger partial charge in [0, 0.05) is 28.1 Å². The number of nitrogens with one attached hydrogen (secondary N) is 1. The van der Waals surface area contributed by atoms with E-state index in [1.807, 2.05) is 5.32 Å². The molecule has 0 fully saturated rings. The van der Waals surface area contributed by atoms with Gasteiger partial charge < -0.3 is 25.6 Å². The minimum absolute atomic E-state index is 0.109. The molecular weight excluding hydrogens is 646 g/mol.